The molecule has 0 saturated heterocycles. The summed E-state index contributed by atoms with van der Waals surface area (Å²) in [6.45, 7) is 4.05. The minimum absolute atomic E-state index is 0.0522. The van der Waals surface area contributed by atoms with Crippen molar-refractivity contribution in [1.82, 2.24) is 13.7 Å². The van der Waals surface area contributed by atoms with E-state index in [-0.39, 0.29) is 25.3 Å². The predicted octanol–water partition coefficient (Wildman–Crippen LogP) is -1.27. The number of ketones is 1. The van der Waals surface area contributed by atoms with E-state index in [0.29, 0.717) is 13.7 Å². The summed E-state index contributed by atoms with van der Waals surface area (Å²) in [6.07, 6.45) is 0.437. The number of carbonyl (C=O) groups is 2. The van der Waals surface area contributed by atoms with Crippen molar-refractivity contribution in [2.24, 2.45) is 0 Å². The number of aliphatic carboxylic acids is 1. The van der Waals surface area contributed by atoms with E-state index >= 15 is 0 Å². The molecule has 0 saturated carbocycles. The van der Waals surface area contributed by atoms with Crippen molar-refractivity contribution in [2.75, 3.05) is 0 Å². The molecule has 0 aliphatic carbocycles. The maximum Gasteiger partial charge on any atom is 0.340 e. The maximum absolute atomic E-state index is 12.1. The van der Waals surface area contributed by atoms with Gasteiger partial charge in [0.25, 0.3) is 0 Å². The van der Waals surface area contributed by atoms with Gasteiger partial charge in [-0.25, -0.2) is 28.1 Å². The second-order valence-electron chi connectivity index (χ2n) is 4.30. The van der Waals surface area contributed by atoms with E-state index in [2.05, 4.69) is 6.58 Å². The van der Waals surface area contributed by atoms with Gasteiger partial charge in [-0.05, 0) is 6.92 Å². The Morgan fingerprint density at radius 2 is 1.52 bits per heavy atom. The molecule has 114 valence electrons. The van der Waals surface area contributed by atoms with Gasteiger partial charge in [-0.2, -0.15) is 0 Å². The molecule has 0 unspecified atom stereocenters. The van der Waals surface area contributed by atoms with E-state index in [1.165, 1.54) is 6.92 Å². The first-order valence-corrected chi connectivity index (χ1v) is 6.09. The third kappa shape index (κ3) is 3.65. The molecule has 9 nitrogen and oxygen atoms in total. The number of nitrogens with zero attached hydrogens (tertiary/aromatic N) is 3. The molecule has 0 amide bonds. The lowest BCUT2D eigenvalue weighted by molar-refractivity contribution is -0.137. The fraction of sp³-hybridized carbons (Fsp3) is 0.417. The van der Waals surface area contributed by atoms with E-state index in [9.17, 15) is 24.0 Å². The van der Waals surface area contributed by atoms with Crippen LogP contribution in [0.25, 0.3) is 6.20 Å². The lowest BCUT2D eigenvalue weighted by Gasteiger charge is -2.10. The van der Waals surface area contributed by atoms with Crippen LogP contribution in [0.1, 0.15) is 19.8 Å². The Hall–Kier alpha value is -2.71. The van der Waals surface area contributed by atoms with Gasteiger partial charge in [0.05, 0.1) is 6.42 Å². The van der Waals surface area contributed by atoms with Crippen molar-refractivity contribution in [1.29, 1.82) is 0 Å². The maximum atomic E-state index is 12.1. The summed E-state index contributed by atoms with van der Waals surface area (Å²) in [5, 5.41) is 8.63. The smallest absolute Gasteiger partial charge is 0.340 e. The number of hydrogen-bond acceptors (Lipinski definition) is 5. The molecule has 0 atom stereocenters. The molecule has 1 aromatic rings. The fourth-order valence-electron chi connectivity index (χ4n) is 1.67. The topological polar surface area (TPSA) is 120 Å². The Balaban J connectivity index is 3.47. The zero-order valence-corrected chi connectivity index (χ0v) is 11.4. The molecule has 0 aliphatic rings. The molecule has 21 heavy (non-hydrogen) atoms. The molecule has 1 heterocycles. The Bertz CT molecular complexity index is 695. The Morgan fingerprint density at radius 1 is 1.05 bits per heavy atom. The van der Waals surface area contributed by atoms with Crippen molar-refractivity contribution in [2.45, 2.75) is 32.9 Å². The highest BCUT2D eigenvalue weighted by atomic mass is 16.4. The van der Waals surface area contributed by atoms with Crippen LogP contribution in [-0.4, -0.2) is 30.6 Å². The van der Waals surface area contributed by atoms with Crippen LogP contribution in [0, 0.1) is 0 Å². The Labute approximate surface area is 118 Å². The predicted molar refractivity (Wildman–Crippen MR) is 73.2 cm³/mol. The summed E-state index contributed by atoms with van der Waals surface area (Å²) >= 11 is 0. The van der Waals surface area contributed by atoms with Crippen LogP contribution in [-0.2, 0) is 22.7 Å². The van der Waals surface area contributed by atoms with Crippen molar-refractivity contribution in [3.63, 3.8) is 0 Å². The van der Waals surface area contributed by atoms with Gasteiger partial charge in [-0.3, -0.25) is 9.59 Å². The highest BCUT2D eigenvalue weighted by molar-refractivity contribution is 5.75. The van der Waals surface area contributed by atoms with Crippen LogP contribution in [0.5, 0.6) is 0 Å². The van der Waals surface area contributed by atoms with Crippen molar-refractivity contribution >= 4 is 18.0 Å². The lowest BCUT2D eigenvalue weighted by atomic mass is 10.3. The number of rotatable bonds is 7. The first-order chi connectivity index (χ1) is 9.79. The van der Waals surface area contributed by atoms with Gasteiger partial charge >= 0.3 is 23.0 Å². The summed E-state index contributed by atoms with van der Waals surface area (Å²) in [4.78, 5) is 57.5. The highest BCUT2D eigenvalue weighted by Crippen LogP contribution is 1.87. The van der Waals surface area contributed by atoms with Crippen LogP contribution < -0.4 is 17.1 Å². The minimum atomic E-state index is -1.19. The summed E-state index contributed by atoms with van der Waals surface area (Å²) in [5.41, 5.74) is -2.81. The van der Waals surface area contributed by atoms with Crippen LogP contribution in [0.4, 0.5) is 0 Å². The standard InChI is InChI=1S/C12H15N3O6/c1-3-13-10(19)14(6-4-8(2)16)12(21)15(11(13)20)7-5-9(17)18/h3H,1,4-7H2,2H3,(H,17,18). The molecule has 1 aromatic heterocycles. The van der Waals surface area contributed by atoms with Crippen LogP contribution in [0.15, 0.2) is 21.0 Å². The zero-order chi connectivity index (χ0) is 16.2. The zero-order valence-electron chi connectivity index (χ0n) is 11.4. The van der Waals surface area contributed by atoms with Gasteiger partial charge in [0.15, 0.2) is 0 Å². The molecule has 0 aliphatic heterocycles. The monoisotopic (exact) mass is 297 g/mol. The van der Waals surface area contributed by atoms with E-state index in [0.717, 1.165) is 6.20 Å². The van der Waals surface area contributed by atoms with Crippen LogP contribution in [0.3, 0.4) is 0 Å². The van der Waals surface area contributed by atoms with Gasteiger partial charge in [0, 0.05) is 25.7 Å². The van der Waals surface area contributed by atoms with Gasteiger partial charge in [0.2, 0.25) is 0 Å². The van der Waals surface area contributed by atoms with E-state index in [4.69, 9.17) is 5.11 Å². The van der Waals surface area contributed by atoms with Gasteiger partial charge in [0.1, 0.15) is 5.78 Å². The summed E-state index contributed by atoms with van der Waals surface area (Å²) in [6, 6.07) is 0. The van der Waals surface area contributed by atoms with E-state index in [1.54, 1.807) is 0 Å². The van der Waals surface area contributed by atoms with Crippen molar-refractivity contribution in [3.8, 4) is 0 Å². The average Bonchev–Trinajstić information content (AvgIpc) is 2.38. The lowest BCUT2D eigenvalue weighted by Crippen LogP contribution is -2.53. The Kier molecular flexibility index (Phi) is 5.17. The summed E-state index contributed by atoms with van der Waals surface area (Å²) < 4.78 is 1.95. The third-order valence-electron chi connectivity index (χ3n) is 2.76. The van der Waals surface area contributed by atoms with Gasteiger partial charge in [-0.1, -0.05) is 6.58 Å². The number of Topliss-reactive ketones (excluding diaryl/α,β-unsaturated/α-hetero) is 1. The molecule has 0 spiro atoms. The molecule has 0 radical (unpaired) electrons. The number of aromatic nitrogens is 3. The fourth-order valence-corrected chi connectivity index (χ4v) is 1.67. The number of carboxylic acids is 1. The average molecular weight is 297 g/mol. The molecule has 0 bridgehead atoms. The van der Waals surface area contributed by atoms with Crippen molar-refractivity contribution in [3.05, 3.63) is 38.0 Å². The molecule has 9 heteroatoms. The number of hydrogen-bond donors (Lipinski definition) is 1. The van der Waals surface area contributed by atoms with Crippen LogP contribution in [0.2, 0.25) is 0 Å². The quantitative estimate of drug-likeness (QED) is 0.669. The highest BCUT2D eigenvalue weighted by Gasteiger charge is 2.15. The molecule has 1 N–H and O–H groups in total. The molecular weight excluding hydrogens is 282 g/mol. The Morgan fingerprint density at radius 3 is 1.90 bits per heavy atom. The third-order valence-corrected chi connectivity index (χ3v) is 2.76. The second kappa shape index (κ2) is 6.64. The number of carbonyl (C=O) groups excluding carboxylic acids is 1. The van der Waals surface area contributed by atoms with E-state index in [1.807, 2.05) is 0 Å². The first-order valence-electron chi connectivity index (χ1n) is 6.09. The van der Waals surface area contributed by atoms with Gasteiger partial charge in [-0.15, -0.1) is 0 Å². The summed E-state index contributed by atoms with van der Waals surface area (Å²) in [5.74, 6) is -1.41. The second-order valence-corrected chi connectivity index (χ2v) is 4.30. The van der Waals surface area contributed by atoms with Crippen molar-refractivity contribution < 1.29 is 14.7 Å². The number of carboxylic acid groups (broad SMARTS) is 1. The van der Waals surface area contributed by atoms with Crippen LogP contribution >= 0.6 is 0 Å². The molecular formula is C12H15N3O6. The van der Waals surface area contributed by atoms with Gasteiger partial charge < -0.3 is 5.11 Å². The largest absolute Gasteiger partial charge is 0.481 e. The van der Waals surface area contributed by atoms with E-state index < -0.39 is 29.5 Å². The SMILES string of the molecule is C=Cn1c(=O)n(CCC(C)=O)c(=O)n(CCC(=O)O)c1=O. The summed E-state index contributed by atoms with van der Waals surface area (Å²) in [7, 11) is 0. The minimum Gasteiger partial charge on any atom is -0.481 e. The first kappa shape index (κ1) is 16.3. The molecule has 0 aromatic carbocycles. The molecule has 1 rings (SSSR count). The molecule has 0 fully saturated rings. The normalized spacial score (nSPS) is 10.3.